The molecule has 4 rings (SSSR count). The lowest BCUT2D eigenvalue weighted by atomic mass is 9.75. The van der Waals surface area contributed by atoms with E-state index in [0.717, 1.165) is 30.3 Å². The lowest BCUT2D eigenvalue weighted by Gasteiger charge is -2.41. The molecule has 6 nitrogen and oxygen atoms in total. The number of hydrogen-bond donors (Lipinski definition) is 0. The van der Waals surface area contributed by atoms with Gasteiger partial charge in [0.25, 0.3) is 0 Å². The maximum atomic E-state index is 12.8. The normalized spacial score (nSPS) is 22.5. The van der Waals surface area contributed by atoms with Gasteiger partial charge in [0.05, 0.1) is 11.4 Å². The Kier molecular flexibility index (Phi) is 5.48. The minimum absolute atomic E-state index is 0.208. The largest absolute Gasteiger partial charge is 0.342 e. The third-order valence-electron chi connectivity index (χ3n) is 5.99. The third kappa shape index (κ3) is 4.03. The predicted octanol–water partition coefficient (Wildman–Crippen LogP) is 3.41. The van der Waals surface area contributed by atoms with E-state index in [1.807, 2.05) is 6.07 Å². The predicted molar refractivity (Wildman–Crippen MR) is 106 cm³/mol. The van der Waals surface area contributed by atoms with Crippen LogP contribution in [0.25, 0.3) is 5.69 Å². The summed E-state index contributed by atoms with van der Waals surface area (Å²) in [6.45, 7) is 5.97. The van der Waals surface area contributed by atoms with Gasteiger partial charge in [-0.25, -0.2) is 0 Å². The number of carbonyl (C=O) groups is 1. The average Bonchev–Trinajstić information content (AvgIpc) is 3.14. The standard InChI is InChI=1S/C20H27N5OS/c1-14-7-8-18(15(2)11-14)25-20(21-22-23-25)27-13-19(26)24-10-9-16-5-3-4-6-17(16)12-24/h7-8,11,16-17H,3-6,9-10,12-13H2,1-2H3/t16-,17+/m1/s1. The van der Waals surface area contributed by atoms with Crippen LogP contribution in [-0.2, 0) is 4.79 Å². The fourth-order valence-corrected chi connectivity index (χ4v) is 5.29. The zero-order valence-corrected chi connectivity index (χ0v) is 16.9. The summed E-state index contributed by atoms with van der Waals surface area (Å²) in [7, 11) is 0. The van der Waals surface area contributed by atoms with Gasteiger partial charge in [0.2, 0.25) is 11.1 Å². The maximum Gasteiger partial charge on any atom is 0.233 e. The Morgan fingerprint density at radius 2 is 2.00 bits per heavy atom. The first-order valence-corrected chi connectivity index (χ1v) is 10.9. The van der Waals surface area contributed by atoms with Gasteiger partial charge in [-0.15, -0.1) is 5.10 Å². The van der Waals surface area contributed by atoms with Gasteiger partial charge in [-0.05, 0) is 60.6 Å². The van der Waals surface area contributed by atoms with E-state index in [-0.39, 0.29) is 5.91 Å². The molecule has 2 aromatic rings. The van der Waals surface area contributed by atoms with Crippen molar-refractivity contribution < 1.29 is 4.79 Å². The highest BCUT2D eigenvalue weighted by molar-refractivity contribution is 7.99. The van der Waals surface area contributed by atoms with E-state index in [0.29, 0.717) is 16.8 Å². The quantitative estimate of drug-likeness (QED) is 0.755. The fourth-order valence-electron chi connectivity index (χ4n) is 4.51. The number of tetrazole rings is 1. The molecule has 1 aliphatic heterocycles. The van der Waals surface area contributed by atoms with Crippen LogP contribution < -0.4 is 0 Å². The van der Waals surface area contributed by atoms with E-state index in [4.69, 9.17) is 0 Å². The smallest absolute Gasteiger partial charge is 0.233 e. The summed E-state index contributed by atoms with van der Waals surface area (Å²) in [5, 5.41) is 12.8. The van der Waals surface area contributed by atoms with Crippen molar-refractivity contribution in [3.8, 4) is 5.69 Å². The summed E-state index contributed by atoms with van der Waals surface area (Å²) in [6, 6.07) is 6.20. The van der Waals surface area contributed by atoms with Gasteiger partial charge in [0.15, 0.2) is 0 Å². The van der Waals surface area contributed by atoms with E-state index in [9.17, 15) is 4.79 Å². The summed E-state index contributed by atoms with van der Waals surface area (Å²) in [4.78, 5) is 14.8. The Morgan fingerprint density at radius 1 is 1.19 bits per heavy atom. The van der Waals surface area contributed by atoms with Crippen molar-refractivity contribution in [3.63, 3.8) is 0 Å². The van der Waals surface area contributed by atoms with Gasteiger partial charge in [-0.2, -0.15) is 4.68 Å². The molecular formula is C20H27N5OS. The molecule has 27 heavy (non-hydrogen) atoms. The molecule has 1 saturated carbocycles. The first-order valence-electron chi connectivity index (χ1n) is 9.88. The highest BCUT2D eigenvalue weighted by Gasteiger charge is 2.32. The van der Waals surface area contributed by atoms with Crippen LogP contribution in [0.4, 0.5) is 0 Å². The summed E-state index contributed by atoms with van der Waals surface area (Å²) in [5.74, 6) is 2.15. The molecule has 1 aromatic carbocycles. The van der Waals surface area contributed by atoms with Crippen LogP contribution >= 0.6 is 11.8 Å². The molecule has 0 radical (unpaired) electrons. The molecule has 1 amide bonds. The molecule has 2 aliphatic rings. The lowest BCUT2D eigenvalue weighted by molar-refractivity contribution is -0.131. The average molecular weight is 386 g/mol. The monoisotopic (exact) mass is 385 g/mol. The van der Waals surface area contributed by atoms with Gasteiger partial charge < -0.3 is 4.90 Å². The summed E-state index contributed by atoms with van der Waals surface area (Å²) < 4.78 is 1.74. The van der Waals surface area contributed by atoms with Crippen LogP contribution in [0.5, 0.6) is 0 Å². The number of aromatic nitrogens is 4. The zero-order chi connectivity index (χ0) is 18.8. The lowest BCUT2D eigenvalue weighted by Crippen LogP contribution is -2.45. The van der Waals surface area contributed by atoms with E-state index < -0.39 is 0 Å². The van der Waals surface area contributed by atoms with Gasteiger partial charge in [-0.1, -0.05) is 48.7 Å². The molecule has 0 spiro atoms. The molecule has 0 N–H and O–H groups in total. The van der Waals surface area contributed by atoms with Crippen LogP contribution in [0.3, 0.4) is 0 Å². The van der Waals surface area contributed by atoms with Gasteiger partial charge >= 0.3 is 0 Å². The molecule has 0 bridgehead atoms. The molecule has 1 aliphatic carbocycles. The highest BCUT2D eigenvalue weighted by Crippen LogP contribution is 2.36. The molecule has 1 aromatic heterocycles. The first kappa shape index (κ1) is 18.5. The van der Waals surface area contributed by atoms with E-state index in [1.54, 1.807) is 4.68 Å². The second-order valence-electron chi connectivity index (χ2n) is 7.88. The Labute approximate surface area is 164 Å². The first-order chi connectivity index (χ1) is 13.1. The number of nitrogens with zero attached hydrogens (tertiary/aromatic N) is 5. The summed E-state index contributed by atoms with van der Waals surface area (Å²) in [6.07, 6.45) is 6.49. The Hall–Kier alpha value is -1.89. The van der Waals surface area contributed by atoms with Crippen LogP contribution in [-0.4, -0.2) is 49.9 Å². The number of rotatable bonds is 4. The Balaban J connectivity index is 1.39. The van der Waals surface area contributed by atoms with Crippen LogP contribution in [0.1, 0.15) is 43.2 Å². The summed E-state index contributed by atoms with van der Waals surface area (Å²) in [5.41, 5.74) is 3.29. The van der Waals surface area contributed by atoms with Crippen molar-refractivity contribution in [2.45, 2.75) is 51.1 Å². The highest BCUT2D eigenvalue weighted by atomic mass is 32.2. The number of benzene rings is 1. The molecule has 2 heterocycles. The van der Waals surface area contributed by atoms with Crippen molar-refractivity contribution in [2.75, 3.05) is 18.8 Å². The van der Waals surface area contributed by atoms with Crippen molar-refractivity contribution in [1.82, 2.24) is 25.1 Å². The topological polar surface area (TPSA) is 63.9 Å². The zero-order valence-electron chi connectivity index (χ0n) is 16.1. The van der Waals surface area contributed by atoms with Crippen LogP contribution in [0.2, 0.25) is 0 Å². The number of amides is 1. The fraction of sp³-hybridized carbons (Fsp3) is 0.600. The minimum atomic E-state index is 0.208. The second-order valence-corrected chi connectivity index (χ2v) is 8.83. The van der Waals surface area contributed by atoms with E-state index >= 15 is 0 Å². The minimum Gasteiger partial charge on any atom is -0.342 e. The van der Waals surface area contributed by atoms with Gasteiger partial charge in [0, 0.05) is 13.1 Å². The molecular weight excluding hydrogens is 358 g/mol. The van der Waals surface area contributed by atoms with Crippen LogP contribution in [0, 0.1) is 25.7 Å². The molecule has 0 unspecified atom stereocenters. The van der Waals surface area contributed by atoms with Gasteiger partial charge in [-0.3, -0.25) is 4.79 Å². The van der Waals surface area contributed by atoms with Crippen molar-refractivity contribution in [2.24, 2.45) is 11.8 Å². The number of fused-ring (bicyclic) bond motifs is 1. The number of hydrogen-bond acceptors (Lipinski definition) is 5. The number of thioether (sulfide) groups is 1. The Bertz CT molecular complexity index is 820. The number of likely N-dealkylation sites (tertiary alicyclic amines) is 1. The molecule has 144 valence electrons. The number of piperidine rings is 1. The third-order valence-corrected chi connectivity index (χ3v) is 6.89. The second kappa shape index (κ2) is 8.00. The number of carbonyl (C=O) groups excluding carboxylic acids is 1. The van der Waals surface area contributed by atoms with Crippen molar-refractivity contribution in [3.05, 3.63) is 29.3 Å². The number of aryl methyl sites for hydroxylation is 2. The van der Waals surface area contributed by atoms with Crippen molar-refractivity contribution >= 4 is 17.7 Å². The molecule has 7 heteroatoms. The summed E-state index contributed by atoms with van der Waals surface area (Å²) >= 11 is 1.43. The molecule has 1 saturated heterocycles. The van der Waals surface area contributed by atoms with Crippen LogP contribution in [0.15, 0.2) is 23.4 Å². The van der Waals surface area contributed by atoms with E-state index in [2.05, 4.69) is 46.4 Å². The molecule has 2 fully saturated rings. The molecule has 2 atom stereocenters. The SMILES string of the molecule is Cc1ccc(-n2nnnc2SCC(=O)N2CC[C@H]3CCCC[C@H]3C2)c(C)c1. The van der Waals surface area contributed by atoms with Crippen molar-refractivity contribution in [1.29, 1.82) is 0 Å². The van der Waals surface area contributed by atoms with Gasteiger partial charge in [0.1, 0.15) is 0 Å². The maximum absolute atomic E-state index is 12.8. The Morgan fingerprint density at radius 3 is 2.81 bits per heavy atom. The van der Waals surface area contributed by atoms with E-state index in [1.165, 1.54) is 49.4 Å².